The molecule has 2 saturated heterocycles. The molecule has 0 aliphatic carbocycles. The molecule has 4 rings (SSSR count). The van der Waals surface area contributed by atoms with Gasteiger partial charge in [-0.3, -0.25) is 4.90 Å². The first-order chi connectivity index (χ1) is 14.8. The Morgan fingerprint density at radius 2 is 1.47 bits per heavy atom. The lowest BCUT2D eigenvalue weighted by molar-refractivity contribution is -0.962. The first-order valence-corrected chi connectivity index (χ1v) is 11.9. The van der Waals surface area contributed by atoms with Crippen LogP contribution < -0.4 is 10.6 Å². The Morgan fingerprint density at radius 3 is 2.27 bits per heavy atom. The third kappa shape index (κ3) is 5.92. The molecule has 2 aromatic carbocycles. The average molecular weight is 408 g/mol. The SMILES string of the molecule is c1ccc(CC2CCNCCN3CCCNCC[N+]2(Cc2ccccc2)CC3)cc1. The van der Waals surface area contributed by atoms with E-state index in [1.807, 2.05) is 0 Å². The van der Waals surface area contributed by atoms with Crippen molar-refractivity contribution in [3.63, 3.8) is 0 Å². The summed E-state index contributed by atoms with van der Waals surface area (Å²) in [6.45, 7) is 11.7. The number of hydrogen-bond donors (Lipinski definition) is 2. The van der Waals surface area contributed by atoms with Crippen molar-refractivity contribution in [2.75, 3.05) is 58.9 Å². The van der Waals surface area contributed by atoms with Crippen LogP contribution in [-0.4, -0.2) is 74.3 Å². The third-order valence-corrected chi connectivity index (χ3v) is 7.11. The molecule has 2 bridgehead atoms. The second-order valence-corrected chi connectivity index (χ2v) is 9.14. The van der Waals surface area contributed by atoms with E-state index in [4.69, 9.17) is 0 Å². The molecule has 3 atom stereocenters. The molecule has 0 aromatic heterocycles. The molecule has 162 valence electrons. The molecule has 4 heteroatoms. The molecular weight excluding hydrogens is 368 g/mol. The second kappa shape index (κ2) is 11.1. The van der Waals surface area contributed by atoms with Gasteiger partial charge in [0.05, 0.1) is 19.1 Å². The van der Waals surface area contributed by atoms with Gasteiger partial charge in [-0.1, -0.05) is 60.7 Å². The lowest BCUT2D eigenvalue weighted by Gasteiger charge is -2.47. The van der Waals surface area contributed by atoms with Crippen LogP contribution in [-0.2, 0) is 13.0 Å². The molecule has 2 aromatic rings. The highest BCUT2D eigenvalue weighted by molar-refractivity contribution is 5.16. The zero-order valence-electron chi connectivity index (χ0n) is 18.4. The summed E-state index contributed by atoms with van der Waals surface area (Å²) in [5, 5.41) is 7.51. The second-order valence-electron chi connectivity index (χ2n) is 9.14. The molecule has 0 spiro atoms. The smallest absolute Gasteiger partial charge is 0.105 e. The van der Waals surface area contributed by atoms with Crippen LogP contribution in [0.2, 0.25) is 0 Å². The first-order valence-electron chi connectivity index (χ1n) is 11.9. The van der Waals surface area contributed by atoms with Crippen molar-refractivity contribution >= 4 is 0 Å². The zero-order valence-corrected chi connectivity index (χ0v) is 18.4. The minimum atomic E-state index is 0.626. The minimum Gasteiger partial charge on any atom is -0.315 e. The molecule has 2 N–H and O–H groups in total. The van der Waals surface area contributed by atoms with E-state index in [2.05, 4.69) is 76.2 Å². The first kappa shape index (κ1) is 21.5. The lowest BCUT2D eigenvalue weighted by Crippen LogP contribution is -2.62. The highest BCUT2D eigenvalue weighted by atomic mass is 15.4. The van der Waals surface area contributed by atoms with E-state index < -0.39 is 0 Å². The number of rotatable bonds is 4. The number of quaternary nitrogens is 1. The van der Waals surface area contributed by atoms with Gasteiger partial charge in [0.1, 0.15) is 6.54 Å². The predicted octanol–water partition coefficient (Wildman–Crippen LogP) is 2.90. The summed E-state index contributed by atoms with van der Waals surface area (Å²) in [6.07, 6.45) is 3.66. The van der Waals surface area contributed by atoms with Gasteiger partial charge in [-0.2, -0.15) is 0 Å². The molecular formula is C26H39N4+. The Kier molecular flexibility index (Phi) is 7.93. The largest absolute Gasteiger partial charge is 0.315 e. The van der Waals surface area contributed by atoms with Crippen molar-refractivity contribution < 1.29 is 4.48 Å². The number of fused-ring (bicyclic) bond motifs is 3. The Bertz CT molecular complexity index is 733. The maximum atomic E-state index is 3.76. The van der Waals surface area contributed by atoms with Crippen LogP contribution in [0.25, 0.3) is 0 Å². The van der Waals surface area contributed by atoms with Crippen molar-refractivity contribution in [1.29, 1.82) is 0 Å². The van der Waals surface area contributed by atoms with Gasteiger partial charge in [0.2, 0.25) is 0 Å². The van der Waals surface area contributed by atoms with Crippen LogP contribution in [0.4, 0.5) is 0 Å². The van der Waals surface area contributed by atoms with Crippen molar-refractivity contribution in [1.82, 2.24) is 15.5 Å². The summed E-state index contributed by atoms with van der Waals surface area (Å²) in [5.74, 6) is 0. The summed E-state index contributed by atoms with van der Waals surface area (Å²) < 4.78 is 1.18. The average Bonchev–Trinajstić information content (AvgIpc) is 2.79. The van der Waals surface area contributed by atoms with E-state index in [1.165, 1.54) is 61.2 Å². The van der Waals surface area contributed by atoms with Gasteiger partial charge in [0.15, 0.2) is 0 Å². The van der Waals surface area contributed by atoms with Gasteiger partial charge >= 0.3 is 0 Å². The molecule has 4 nitrogen and oxygen atoms in total. The molecule has 0 saturated carbocycles. The quantitative estimate of drug-likeness (QED) is 0.763. The molecule has 2 fully saturated rings. The van der Waals surface area contributed by atoms with Crippen molar-refractivity contribution in [2.24, 2.45) is 0 Å². The zero-order chi connectivity index (χ0) is 20.5. The number of benzene rings is 2. The monoisotopic (exact) mass is 407 g/mol. The topological polar surface area (TPSA) is 27.3 Å². The van der Waals surface area contributed by atoms with Crippen LogP contribution in [0.15, 0.2) is 60.7 Å². The number of hydrogen-bond acceptors (Lipinski definition) is 3. The van der Waals surface area contributed by atoms with Gasteiger partial charge in [-0.25, -0.2) is 0 Å². The van der Waals surface area contributed by atoms with Gasteiger partial charge < -0.3 is 15.1 Å². The predicted molar refractivity (Wildman–Crippen MR) is 125 cm³/mol. The van der Waals surface area contributed by atoms with Crippen LogP contribution in [0.5, 0.6) is 0 Å². The number of nitrogens with zero attached hydrogens (tertiary/aromatic N) is 2. The van der Waals surface area contributed by atoms with Gasteiger partial charge in [-0.05, 0) is 25.1 Å². The highest BCUT2D eigenvalue weighted by Gasteiger charge is 2.37. The summed E-state index contributed by atoms with van der Waals surface area (Å²) in [5.41, 5.74) is 2.95. The fourth-order valence-corrected chi connectivity index (χ4v) is 5.33. The van der Waals surface area contributed by atoms with E-state index in [-0.39, 0.29) is 0 Å². The molecule has 3 unspecified atom stereocenters. The standard InChI is InChI=1S/C26H39N4/c1-3-8-24(9-4-1)22-26-12-14-28-15-18-29-17-7-13-27-16-20-30(26,21-19-29)23-25-10-5-2-6-11-25/h1-6,8-11,26-28H,7,12-23H2/q+1. The van der Waals surface area contributed by atoms with Crippen molar-refractivity contribution in [3.8, 4) is 0 Å². The summed E-state index contributed by atoms with van der Waals surface area (Å²) >= 11 is 0. The fourth-order valence-electron chi connectivity index (χ4n) is 5.33. The summed E-state index contributed by atoms with van der Waals surface area (Å²) in [6, 6.07) is 23.0. The van der Waals surface area contributed by atoms with E-state index in [0.29, 0.717) is 6.04 Å². The Balaban J connectivity index is 1.67. The summed E-state index contributed by atoms with van der Waals surface area (Å²) in [4.78, 5) is 2.70. The van der Waals surface area contributed by atoms with Crippen LogP contribution in [0.1, 0.15) is 24.0 Å². The van der Waals surface area contributed by atoms with Gasteiger partial charge in [-0.15, -0.1) is 0 Å². The Labute approximate surface area is 182 Å². The van der Waals surface area contributed by atoms with Gasteiger partial charge in [0.25, 0.3) is 0 Å². The molecule has 2 aliphatic heterocycles. The highest BCUT2D eigenvalue weighted by Crippen LogP contribution is 2.26. The maximum absolute atomic E-state index is 3.76. The van der Waals surface area contributed by atoms with Crippen LogP contribution >= 0.6 is 0 Å². The normalized spacial score (nSPS) is 28.7. The van der Waals surface area contributed by atoms with Crippen LogP contribution in [0, 0.1) is 0 Å². The molecule has 30 heavy (non-hydrogen) atoms. The number of nitrogens with one attached hydrogen (secondary N) is 2. The van der Waals surface area contributed by atoms with E-state index >= 15 is 0 Å². The summed E-state index contributed by atoms with van der Waals surface area (Å²) in [7, 11) is 0. The Hall–Kier alpha value is -1.72. The molecule has 0 amide bonds. The molecule has 0 radical (unpaired) electrons. The van der Waals surface area contributed by atoms with Crippen molar-refractivity contribution in [3.05, 3.63) is 71.8 Å². The van der Waals surface area contributed by atoms with Crippen molar-refractivity contribution in [2.45, 2.75) is 31.8 Å². The lowest BCUT2D eigenvalue weighted by atomic mass is 9.96. The molecule has 2 heterocycles. The van der Waals surface area contributed by atoms with Gasteiger partial charge in [0, 0.05) is 51.1 Å². The Morgan fingerprint density at radius 1 is 0.733 bits per heavy atom. The van der Waals surface area contributed by atoms with E-state index in [0.717, 1.165) is 39.1 Å². The van der Waals surface area contributed by atoms with E-state index in [9.17, 15) is 0 Å². The van der Waals surface area contributed by atoms with E-state index in [1.54, 1.807) is 0 Å². The third-order valence-electron chi connectivity index (χ3n) is 7.11. The maximum Gasteiger partial charge on any atom is 0.105 e. The fraction of sp³-hybridized carbons (Fsp3) is 0.538. The van der Waals surface area contributed by atoms with Crippen LogP contribution in [0.3, 0.4) is 0 Å². The minimum absolute atomic E-state index is 0.626. The molecule has 2 aliphatic rings.